The highest BCUT2D eigenvalue weighted by molar-refractivity contribution is 6.31. The zero-order valence-corrected chi connectivity index (χ0v) is 14.9. The van der Waals surface area contributed by atoms with Crippen molar-refractivity contribution in [2.45, 2.75) is 13.2 Å². The van der Waals surface area contributed by atoms with Crippen LogP contribution in [0.1, 0.15) is 21.6 Å². The number of halogens is 1. The Kier molecular flexibility index (Phi) is 5.78. The third kappa shape index (κ3) is 4.48. The summed E-state index contributed by atoms with van der Waals surface area (Å²) in [5.41, 5.74) is 1.04. The highest BCUT2D eigenvalue weighted by Gasteiger charge is 2.18. The molecular formula is C20H16ClNO5. The minimum atomic E-state index is -1.16. The molecule has 0 amide bonds. The molecule has 0 aliphatic rings. The highest BCUT2D eigenvalue weighted by Crippen LogP contribution is 2.33. The van der Waals surface area contributed by atoms with E-state index in [1.165, 1.54) is 12.3 Å². The van der Waals surface area contributed by atoms with Gasteiger partial charge in [0.25, 0.3) is 0 Å². The van der Waals surface area contributed by atoms with Gasteiger partial charge in [-0.3, -0.25) is 0 Å². The fourth-order valence-electron chi connectivity index (χ4n) is 2.44. The molecule has 1 heterocycles. The van der Waals surface area contributed by atoms with E-state index in [1.807, 2.05) is 18.2 Å². The number of hydrogen-bond donors (Lipinski definition) is 1. The average molecular weight is 386 g/mol. The summed E-state index contributed by atoms with van der Waals surface area (Å²) in [5.74, 6) is -0.847. The first kappa shape index (κ1) is 18.5. The molecule has 27 heavy (non-hydrogen) atoms. The van der Waals surface area contributed by atoms with Gasteiger partial charge in [0.1, 0.15) is 12.2 Å². The van der Waals surface area contributed by atoms with Crippen LogP contribution >= 0.6 is 11.6 Å². The van der Waals surface area contributed by atoms with Gasteiger partial charge in [-0.1, -0.05) is 35.9 Å². The van der Waals surface area contributed by atoms with Crippen molar-refractivity contribution in [1.82, 2.24) is 0 Å². The number of nitrogens with zero attached hydrogens (tertiary/aromatic N) is 1. The van der Waals surface area contributed by atoms with Crippen LogP contribution < -0.4 is 14.2 Å². The number of hydrogen-bond acceptors (Lipinski definition) is 4. The normalized spacial score (nSPS) is 10.4. The fourth-order valence-corrected chi connectivity index (χ4v) is 2.63. The van der Waals surface area contributed by atoms with E-state index in [-0.39, 0.29) is 30.3 Å². The lowest BCUT2D eigenvalue weighted by molar-refractivity contribution is -0.616. The number of aromatic nitrogens is 1. The van der Waals surface area contributed by atoms with Crippen molar-refractivity contribution in [1.29, 1.82) is 0 Å². The summed E-state index contributed by atoms with van der Waals surface area (Å²) in [7, 11) is 0. The van der Waals surface area contributed by atoms with Crippen molar-refractivity contribution in [3.63, 3.8) is 0 Å². The van der Waals surface area contributed by atoms with Gasteiger partial charge in [-0.05, 0) is 24.3 Å². The number of benzene rings is 2. The van der Waals surface area contributed by atoms with Crippen LogP contribution in [-0.4, -0.2) is 11.1 Å². The first-order valence-corrected chi connectivity index (χ1v) is 8.46. The van der Waals surface area contributed by atoms with Gasteiger partial charge in [-0.25, -0.2) is 4.79 Å². The molecule has 0 saturated heterocycles. The number of carboxylic acid groups (broad SMARTS) is 1. The first-order chi connectivity index (χ1) is 13.1. The van der Waals surface area contributed by atoms with E-state index in [2.05, 4.69) is 0 Å². The van der Waals surface area contributed by atoms with E-state index in [9.17, 15) is 15.1 Å². The number of carbonyl (C=O) groups is 1. The van der Waals surface area contributed by atoms with Crippen molar-refractivity contribution in [3.05, 3.63) is 93.9 Å². The van der Waals surface area contributed by atoms with Crippen LogP contribution in [0.4, 0.5) is 0 Å². The van der Waals surface area contributed by atoms with E-state index in [0.29, 0.717) is 15.4 Å². The fraction of sp³-hybridized carbons (Fsp3) is 0.100. The Morgan fingerprint density at radius 3 is 2.52 bits per heavy atom. The Bertz CT molecular complexity index is 961. The van der Waals surface area contributed by atoms with Crippen LogP contribution in [0, 0.1) is 5.21 Å². The van der Waals surface area contributed by atoms with Crippen molar-refractivity contribution in [2.75, 3.05) is 0 Å². The zero-order valence-electron chi connectivity index (χ0n) is 14.2. The average Bonchev–Trinajstić information content (AvgIpc) is 2.67. The summed E-state index contributed by atoms with van der Waals surface area (Å²) in [6.07, 6.45) is 1.34. The molecule has 0 aliphatic heterocycles. The highest BCUT2D eigenvalue weighted by atomic mass is 35.5. The van der Waals surface area contributed by atoms with E-state index in [1.54, 1.807) is 36.4 Å². The quantitative estimate of drug-likeness (QED) is 0.493. The lowest BCUT2D eigenvalue weighted by Gasteiger charge is -2.15. The van der Waals surface area contributed by atoms with Crippen molar-refractivity contribution >= 4 is 17.6 Å². The maximum Gasteiger partial charge on any atom is 0.339 e. The largest absolute Gasteiger partial charge is 0.618 e. The van der Waals surface area contributed by atoms with Crippen molar-refractivity contribution < 1.29 is 24.1 Å². The van der Waals surface area contributed by atoms with Gasteiger partial charge < -0.3 is 19.8 Å². The second-order valence-electron chi connectivity index (χ2n) is 5.62. The zero-order chi connectivity index (χ0) is 19.2. The van der Waals surface area contributed by atoms with Crippen LogP contribution in [0.3, 0.4) is 0 Å². The standard InChI is InChI=1S/C20H16ClNO5/c21-17-9-2-1-6-14(17)12-26-18-10-5-8-16(20(23)24)19(18)27-13-15-7-3-4-11-22(15)25/h1-11H,12-13H2,(H,23,24). The predicted molar refractivity (Wildman–Crippen MR) is 98.9 cm³/mol. The molecule has 2 aromatic carbocycles. The van der Waals surface area contributed by atoms with Gasteiger partial charge in [0.2, 0.25) is 5.69 Å². The molecule has 0 saturated carbocycles. The molecule has 0 bridgehead atoms. The van der Waals surface area contributed by atoms with Crippen LogP contribution in [0.15, 0.2) is 66.9 Å². The van der Waals surface area contributed by atoms with E-state index < -0.39 is 5.97 Å². The van der Waals surface area contributed by atoms with Crippen LogP contribution in [0.5, 0.6) is 11.5 Å². The maximum absolute atomic E-state index is 11.8. The monoisotopic (exact) mass is 385 g/mol. The maximum atomic E-state index is 11.8. The Balaban J connectivity index is 1.85. The van der Waals surface area contributed by atoms with E-state index >= 15 is 0 Å². The molecule has 138 valence electrons. The molecule has 7 heteroatoms. The summed E-state index contributed by atoms with van der Waals surface area (Å²) in [6, 6.07) is 16.7. The van der Waals surface area contributed by atoms with Crippen molar-refractivity contribution in [2.24, 2.45) is 0 Å². The third-order valence-corrected chi connectivity index (χ3v) is 4.19. The molecule has 0 aliphatic carbocycles. The second kappa shape index (κ2) is 8.42. The van der Waals surface area contributed by atoms with Crippen LogP contribution in [-0.2, 0) is 13.2 Å². The van der Waals surface area contributed by atoms with Gasteiger partial charge in [0.05, 0.1) is 0 Å². The lowest BCUT2D eigenvalue weighted by atomic mass is 10.2. The number of rotatable bonds is 7. The molecule has 3 rings (SSSR count). The summed E-state index contributed by atoms with van der Waals surface area (Å²) < 4.78 is 12.1. The summed E-state index contributed by atoms with van der Waals surface area (Å²) >= 11 is 6.13. The van der Waals surface area contributed by atoms with E-state index in [4.69, 9.17) is 21.1 Å². The summed E-state index contributed by atoms with van der Waals surface area (Å²) in [4.78, 5) is 11.6. The second-order valence-corrected chi connectivity index (χ2v) is 6.03. The minimum Gasteiger partial charge on any atom is -0.618 e. The van der Waals surface area contributed by atoms with Gasteiger partial charge in [0.15, 0.2) is 24.3 Å². The molecule has 6 nitrogen and oxygen atoms in total. The van der Waals surface area contributed by atoms with Crippen molar-refractivity contribution in [3.8, 4) is 11.5 Å². The number of ether oxygens (including phenoxy) is 2. The molecule has 1 N–H and O–H groups in total. The summed E-state index contributed by atoms with van der Waals surface area (Å²) in [5, 5.41) is 21.8. The van der Waals surface area contributed by atoms with Crippen LogP contribution in [0.25, 0.3) is 0 Å². The molecular weight excluding hydrogens is 370 g/mol. The Labute approximate surface area is 160 Å². The molecule has 3 aromatic rings. The Morgan fingerprint density at radius 1 is 1.00 bits per heavy atom. The SMILES string of the molecule is O=C(O)c1cccc(OCc2ccccc2Cl)c1OCc1cccc[n+]1[O-]. The van der Waals surface area contributed by atoms with E-state index in [0.717, 1.165) is 5.56 Å². The topological polar surface area (TPSA) is 82.7 Å². The molecule has 0 fully saturated rings. The van der Waals surface area contributed by atoms with Gasteiger partial charge in [-0.2, -0.15) is 4.73 Å². The number of para-hydroxylation sites is 1. The lowest BCUT2D eigenvalue weighted by Crippen LogP contribution is -2.31. The summed E-state index contributed by atoms with van der Waals surface area (Å²) in [6.45, 7) is 0.0447. The minimum absolute atomic E-state index is 0.0555. The molecule has 1 aromatic heterocycles. The molecule has 0 radical (unpaired) electrons. The molecule has 0 spiro atoms. The number of carboxylic acids is 1. The molecule has 0 unspecified atom stereocenters. The Hall–Kier alpha value is -3.25. The Morgan fingerprint density at radius 2 is 1.78 bits per heavy atom. The first-order valence-electron chi connectivity index (χ1n) is 8.08. The molecule has 0 atom stereocenters. The number of aromatic carboxylic acids is 1. The predicted octanol–water partition coefficient (Wildman–Crippen LogP) is 3.83. The van der Waals surface area contributed by atoms with Gasteiger partial charge in [-0.15, -0.1) is 0 Å². The smallest absolute Gasteiger partial charge is 0.339 e. The van der Waals surface area contributed by atoms with Crippen LogP contribution in [0.2, 0.25) is 5.02 Å². The third-order valence-electron chi connectivity index (χ3n) is 3.82. The number of pyridine rings is 1. The van der Waals surface area contributed by atoms with Gasteiger partial charge >= 0.3 is 5.97 Å². The van der Waals surface area contributed by atoms with Gasteiger partial charge in [0, 0.05) is 22.7 Å².